The molecule has 19 heavy (non-hydrogen) atoms. The van der Waals surface area contributed by atoms with Gasteiger partial charge in [0.1, 0.15) is 10.6 Å². The van der Waals surface area contributed by atoms with Crippen molar-refractivity contribution in [1.82, 2.24) is 4.37 Å². The lowest BCUT2D eigenvalue weighted by molar-refractivity contribution is -0.118. The maximum Gasteiger partial charge on any atom is 0.340 e. The minimum Gasteiger partial charge on any atom is -0.478 e. The molecule has 1 rings (SSSR count). The average molecular weight is 285 g/mol. The van der Waals surface area contributed by atoms with Gasteiger partial charge in [-0.15, -0.1) is 0 Å². The smallest absolute Gasteiger partial charge is 0.340 e. The second-order valence-electron chi connectivity index (χ2n) is 4.46. The van der Waals surface area contributed by atoms with Crippen molar-refractivity contribution in [2.75, 3.05) is 11.9 Å². The van der Waals surface area contributed by atoms with Crippen LogP contribution in [0.4, 0.5) is 5.00 Å². The zero-order valence-corrected chi connectivity index (χ0v) is 12.2. The number of nitrogens with zero attached hydrogens (tertiary/aromatic N) is 2. The molecule has 0 spiro atoms. The van der Waals surface area contributed by atoms with Crippen LogP contribution in [0.3, 0.4) is 0 Å². The summed E-state index contributed by atoms with van der Waals surface area (Å²) in [6.45, 7) is 3.62. The fraction of sp³-hybridized carbons (Fsp3) is 0.583. The van der Waals surface area contributed by atoms with Crippen LogP contribution in [0.5, 0.6) is 0 Å². The number of carbonyl (C=O) groups excluding carboxylic acids is 1. The lowest BCUT2D eigenvalue weighted by Gasteiger charge is -2.18. The minimum atomic E-state index is -1.07. The molecule has 0 fully saturated rings. The van der Waals surface area contributed by atoms with Crippen LogP contribution in [0.15, 0.2) is 0 Å². The quantitative estimate of drug-likeness (QED) is 0.828. The highest BCUT2D eigenvalue weighted by atomic mass is 32.1. The third-order valence-electron chi connectivity index (χ3n) is 2.83. The summed E-state index contributed by atoms with van der Waals surface area (Å²) >= 11 is 1.01. The molecule has 0 aliphatic heterocycles. The largest absolute Gasteiger partial charge is 0.478 e. The molecule has 0 aliphatic carbocycles. The highest BCUT2D eigenvalue weighted by Crippen LogP contribution is 2.28. The number of carboxylic acids is 1. The monoisotopic (exact) mass is 285 g/mol. The Kier molecular flexibility index (Phi) is 5.44. The fourth-order valence-electron chi connectivity index (χ4n) is 1.78. The third-order valence-corrected chi connectivity index (χ3v) is 3.85. The predicted molar refractivity (Wildman–Crippen MR) is 74.7 cm³/mol. The van der Waals surface area contributed by atoms with Gasteiger partial charge in [-0.3, -0.25) is 4.79 Å². The van der Waals surface area contributed by atoms with Crippen LogP contribution in [0.2, 0.25) is 0 Å². The first-order chi connectivity index (χ1) is 8.88. The van der Waals surface area contributed by atoms with Gasteiger partial charge in [0.05, 0.1) is 5.69 Å². The number of aromatic carboxylic acids is 1. The molecule has 1 unspecified atom stereocenters. The minimum absolute atomic E-state index is 0.0879. The number of aryl methyl sites for hydroxylation is 1. The number of amides is 1. The zero-order valence-electron chi connectivity index (χ0n) is 11.3. The molecule has 0 aliphatic rings. The van der Waals surface area contributed by atoms with Crippen molar-refractivity contribution in [3.05, 3.63) is 11.3 Å². The fourth-order valence-corrected chi connectivity index (χ4v) is 2.65. The zero-order chi connectivity index (χ0) is 14.6. The van der Waals surface area contributed by atoms with Gasteiger partial charge in [0.2, 0.25) is 5.91 Å². The molecule has 106 valence electrons. The summed E-state index contributed by atoms with van der Waals surface area (Å²) in [4.78, 5) is 24.5. The topological polar surface area (TPSA) is 96.5 Å². The number of hydrogen-bond acceptors (Lipinski definition) is 5. The average Bonchev–Trinajstić information content (AvgIpc) is 2.70. The SMILES string of the molecule is CCCC(N)CC(=O)N(C)c1snc(C)c1C(=O)O. The van der Waals surface area contributed by atoms with E-state index in [1.807, 2.05) is 6.92 Å². The van der Waals surface area contributed by atoms with E-state index in [0.29, 0.717) is 10.7 Å². The van der Waals surface area contributed by atoms with E-state index in [1.165, 1.54) is 4.90 Å². The number of nitrogens with two attached hydrogens (primary N) is 1. The van der Waals surface area contributed by atoms with Crippen LogP contribution >= 0.6 is 11.5 Å². The molecule has 1 amide bonds. The number of aromatic nitrogens is 1. The van der Waals surface area contributed by atoms with Crippen LogP contribution < -0.4 is 10.6 Å². The van der Waals surface area contributed by atoms with Gasteiger partial charge >= 0.3 is 5.97 Å². The van der Waals surface area contributed by atoms with Crippen molar-refractivity contribution >= 4 is 28.4 Å². The standard InChI is InChI=1S/C12H19N3O3S/c1-4-5-8(13)6-9(16)15(3)11-10(12(17)18)7(2)14-19-11/h8H,4-6,13H2,1-3H3,(H,17,18). The maximum absolute atomic E-state index is 12.0. The Morgan fingerprint density at radius 2 is 2.16 bits per heavy atom. The van der Waals surface area contributed by atoms with Gasteiger partial charge in [-0.05, 0) is 24.9 Å². The van der Waals surface area contributed by atoms with E-state index in [0.717, 1.165) is 24.4 Å². The molecular formula is C12H19N3O3S. The van der Waals surface area contributed by atoms with Crippen LogP contribution in [0.25, 0.3) is 0 Å². The molecule has 1 atom stereocenters. The van der Waals surface area contributed by atoms with Crippen molar-refractivity contribution < 1.29 is 14.7 Å². The van der Waals surface area contributed by atoms with Gasteiger partial charge in [-0.25, -0.2) is 4.79 Å². The number of rotatable bonds is 6. The normalized spacial score (nSPS) is 12.2. The van der Waals surface area contributed by atoms with Gasteiger partial charge in [-0.1, -0.05) is 13.3 Å². The molecule has 6 nitrogen and oxygen atoms in total. The van der Waals surface area contributed by atoms with E-state index >= 15 is 0 Å². The lowest BCUT2D eigenvalue weighted by atomic mass is 10.1. The first-order valence-corrected chi connectivity index (χ1v) is 6.87. The Morgan fingerprint density at radius 1 is 1.53 bits per heavy atom. The maximum atomic E-state index is 12.0. The van der Waals surface area contributed by atoms with Crippen molar-refractivity contribution in [2.24, 2.45) is 5.73 Å². The molecule has 0 radical (unpaired) electrons. The molecule has 0 bridgehead atoms. The van der Waals surface area contributed by atoms with E-state index < -0.39 is 5.97 Å². The number of carboxylic acid groups (broad SMARTS) is 1. The van der Waals surface area contributed by atoms with Crippen molar-refractivity contribution in [3.63, 3.8) is 0 Å². The van der Waals surface area contributed by atoms with E-state index in [2.05, 4.69) is 4.37 Å². The van der Waals surface area contributed by atoms with E-state index in [4.69, 9.17) is 10.8 Å². The molecule has 0 saturated carbocycles. The predicted octanol–water partition coefficient (Wildman–Crippen LogP) is 1.63. The first kappa shape index (κ1) is 15.6. The van der Waals surface area contributed by atoms with Gasteiger partial charge in [0, 0.05) is 19.5 Å². The Morgan fingerprint density at radius 3 is 2.68 bits per heavy atom. The summed E-state index contributed by atoms with van der Waals surface area (Å²) in [7, 11) is 1.56. The molecule has 1 aromatic rings. The Bertz CT molecular complexity index is 473. The van der Waals surface area contributed by atoms with E-state index in [9.17, 15) is 9.59 Å². The molecule has 1 heterocycles. The molecule has 3 N–H and O–H groups in total. The summed E-state index contributed by atoms with van der Waals surface area (Å²) in [6.07, 6.45) is 1.89. The summed E-state index contributed by atoms with van der Waals surface area (Å²) in [5.41, 5.74) is 6.34. The summed E-state index contributed by atoms with van der Waals surface area (Å²) in [5, 5.41) is 9.50. The van der Waals surface area contributed by atoms with Crippen molar-refractivity contribution in [2.45, 2.75) is 39.2 Å². The molecule has 7 heteroatoms. The van der Waals surface area contributed by atoms with E-state index in [1.54, 1.807) is 14.0 Å². The number of anilines is 1. The molecular weight excluding hydrogens is 266 g/mol. The highest BCUT2D eigenvalue weighted by Gasteiger charge is 2.24. The van der Waals surface area contributed by atoms with Crippen molar-refractivity contribution in [1.29, 1.82) is 0 Å². The van der Waals surface area contributed by atoms with Crippen LogP contribution in [0.1, 0.15) is 42.2 Å². The van der Waals surface area contributed by atoms with Crippen LogP contribution in [0, 0.1) is 6.92 Å². The van der Waals surface area contributed by atoms with Gasteiger partial charge in [0.25, 0.3) is 0 Å². The van der Waals surface area contributed by atoms with Gasteiger partial charge < -0.3 is 15.7 Å². The van der Waals surface area contributed by atoms with Crippen LogP contribution in [-0.4, -0.2) is 34.4 Å². The summed E-state index contributed by atoms with van der Waals surface area (Å²) in [6, 6.07) is -0.192. The molecule has 1 aromatic heterocycles. The second-order valence-corrected chi connectivity index (χ2v) is 5.21. The lowest BCUT2D eigenvalue weighted by Crippen LogP contribution is -2.33. The third kappa shape index (κ3) is 3.74. The first-order valence-electron chi connectivity index (χ1n) is 6.10. The summed E-state index contributed by atoms with van der Waals surface area (Å²) in [5.74, 6) is -1.26. The van der Waals surface area contributed by atoms with Crippen LogP contribution in [-0.2, 0) is 4.79 Å². The highest BCUT2D eigenvalue weighted by molar-refractivity contribution is 7.11. The van der Waals surface area contributed by atoms with Gasteiger partial charge in [-0.2, -0.15) is 4.37 Å². The summed E-state index contributed by atoms with van der Waals surface area (Å²) < 4.78 is 3.99. The number of hydrogen-bond donors (Lipinski definition) is 2. The van der Waals surface area contributed by atoms with Crippen molar-refractivity contribution in [3.8, 4) is 0 Å². The molecule has 0 saturated heterocycles. The second kappa shape index (κ2) is 6.63. The Labute approximate surface area is 116 Å². The van der Waals surface area contributed by atoms with Gasteiger partial charge in [0.15, 0.2) is 0 Å². The number of carbonyl (C=O) groups is 2. The Balaban J connectivity index is 2.85. The Hall–Kier alpha value is -1.47. The molecule has 0 aromatic carbocycles. The van der Waals surface area contributed by atoms with E-state index in [-0.39, 0.29) is 23.9 Å².